The fourth-order valence-electron chi connectivity index (χ4n) is 1.22. The fraction of sp³-hybridized carbons (Fsp3) is 0.444. The zero-order chi connectivity index (χ0) is 9.84. The van der Waals surface area contributed by atoms with Crippen LogP contribution < -0.4 is 5.73 Å². The monoisotopic (exact) mass is 176 g/mol. The molecule has 0 saturated carbocycles. The molecule has 1 aromatic heterocycles. The predicted octanol–water partition coefficient (Wildman–Crippen LogP) is 1.06. The molecule has 0 aliphatic heterocycles. The second-order valence-electron chi connectivity index (χ2n) is 2.67. The van der Waals surface area contributed by atoms with E-state index in [0.29, 0.717) is 18.4 Å². The molecule has 1 rings (SSSR count). The number of aryl methyl sites for hydroxylation is 2. The van der Waals surface area contributed by atoms with E-state index in [1.807, 2.05) is 13.8 Å². The van der Waals surface area contributed by atoms with Crippen LogP contribution in [0.15, 0.2) is 0 Å². The molecule has 0 amide bonds. The van der Waals surface area contributed by atoms with Crippen molar-refractivity contribution < 1.29 is 0 Å². The molecular weight excluding hydrogens is 164 g/mol. The van der Waals surface area contributed by atoms with E-state index >= 15 is 0 Å². The van der Waals surface area contributed by atoms with Crippen molar-refractivity contribution in [2.45, 2.75) is 26.7 Å². The van der Waals surface area contributed by atoms with Crippen molar-refractivity contribution in [2.24, 2.45) is 0 Å². The predicted molar refractivity (Wildman–Crippen MR) is 49.9 cm³/mol. The molecule has 1 heterocycles. The van der Waals surface area contributed by atoms with Gasteiger partial charge in [0.05, 0.1) is 17.0 Å². The van der Waals surface area contributed by atoms with Crippen LogP contribution in [0.2, 0.25) is 0 Å². The molecule has 0 atom stereocenters. The molecule has 0 aliphatic rings. The summed E-state index contributed by atoms with van der Waals surface area (Å²) < 4.78 is 0. The summed E-state index contributed by atoms with van der Waals surface area (Å²) in [5, 5.41) is 8.88. The van der Waals surface area contributed by atoms with E-state index in [2.05, 4.69) is 16.0 Å². The van der Waals surface area contributed by atoms with Crippen LogP contribution in [-0.2, 0) is 12.8 Å². The lowest BCUT2D eigenvalue weighted by Gasteiger charge is -2.05. The van der Waals surface area contributed by atoms with Crippen molar-refractivity contribution in [3.8, 4) is 6.07 Å². The highest BCUT2D eigenvalue weighted by Crippen LogP contribution is 2.12. The molecule has 13 heavy (non-hydrogen) atoms. The Morgan fingerprint density at radius 3 is 2.00 bits per heavy atom. The number of aromatic nitrogens is 2. The van der Waals surface area contributed by atoms with Crippen molar-refractivity contribution in [3.05, 3.63) is 17.0 Å². The van der Waals surface area contributed by atoms with Crippen LogP contribution in [0.4, 0.5) is 5.95 Å². The van der Waals surface area contributed by atoms with Crippen LogP contribution in [-0.4, -0.2) is 9.97 Å². The minimum atomic E-state index is 0.257. The summed E-state index contributed by atoms with van der Waals surface area (Å²) in [6.45, 7) is 3.89. The molecule has 0 spiro atoms. The Bertz CT molecular complexity index is 326. The van der Waals surface area contributed by atoms with Gasteiger partial charge < -0.3 is 5.73 Å². The Labute approximate surface area is 77.4 Å². The summed E-state index contributed by atoms with van der Waals surface area (Å²) in [4.78, 5) is 8.03. The van der Waals surface area contributed by atoms with Crippen molar-refractivity contribution in [3.63, 3.8) is 0 Å². The Hall–Kier alpha value is -1.63. The van der Waals surface area contributed by atoms with Gasteiger partial charge >= 0.3 is 0 Å². The van der Waals surface area contributed by atoms with Crippen LogP contribution >= 0.6 is 0 Å². The van der Waals surface area contributed by atoms with Crippen LogP contribution in [0, 0.1) is 11.3 Å². The maximum atomic E-state index is 8.88. The molecule has 0 fully saturated rings. The maximum Gasteiger partial charge on any atom is 0.220 e. The first-order valence-electron chi connectivity index (χ1n) is 4.28. The Balaban J connectivity index is 3.36. The lowest BCUT2D eigenvalue weighted by atomic mass is 10.1. The van der Waals surface area contributed by atoms with Crippen molar-refractivity contribution >= 4 is 5.95 Å². The van der Waals surface area contributed by atoms with Gasteiger partial charge in [-0.3, -0.25) is 0 Å². The quantitative estimate of drug-likeness (QED) is 0.730. The normalized spacial score (nSPS) is 9.62. The van der Waals surface area contributed by atoms with Crippen LogP contribution in [0.25, 0.3) is 0 Å². The molecule has 0 saturated heterocycles. The largest absolute Gasteiger partial charge is 0.368 e. The van der Waals surface area contributed by atoms with Gasteiger partial charge in [-0.1, -0.05) is 13.8 Å². The third-order valence-corrected chi connectivity index (χ3v) is 1.86. The third kappa shape index (κ3) is 1.75. The first kappa shape index (κ1) is 9.46. The molecule has 0 bridgehead atoms. The minimum absolute atomic E-state index is 0.257. The number of rotatable bonds is 2. The van der Waals surface area contributed by atoms with E-state index in [4.69, 9.17) is 11.0 Å². The van der Waals surface area contributed by atoms with Gasteiger partial charge in [0.25, 0.3) is 0 Å². The Morgan fingerprint density at radius 2 is 1.69 bits per heavy atom. The van der Waals surface area contributed by atoms with E-state index in [1.54, 1.807) is 0 Å². The van der Waals surface area contributed by atoms with Crippen LogP contribution in [0.1, 0.15) is 30.8 Å². The SMILES string of the molecule is CCc1nc(N)nc(CC)c1C#N. The minimum Gasteiger partial charge on any atom is -0.368 e. The highest BCUT2D eigenvalue weighted by atomic mass is 15.0. The first-order valence-corrected chi connectivity index (χ1v) is 4.28. The van der Waals surface area contributed by atoms with Gasteiger partial charge in [-0.05, 0) is 12.8 Å². The lowest BCUT2D eigenvalue weighted by Crippen LogP contribution is -2.06. The average Bonchev–Trinajstić information content (AvgIpc) is 2.16. The van der Waals surface area contributed by atoms with Gasteiger partial charge in [0.1, 0.15) is 6.07 Å². The van der Waals surface area contributed by atoms with Gasteiger partial charge in [0, 0.05) is 0 Å². The van der Waals surface area contributed by atoms with E-state index < -0.39 is 0 Å². The molecule has 68 valence electrons. The van der Waals surface area contributed by atoms with Crippen molar-refractivity contribution in [1.82, 2.24) is 9.97 Å². The molecule has 0 unspecified atom stereocenters. The smallest absolute Gasteiger partial charge is 0.220 e. The third-order valence-electron chi connectivity index (χ3n) is 1.86. The summed E-state index contributed by atoms with van der Waals surface area (Å²) in [5.74, 6) is 0.257. The van der Waals surface area contributed by atoms with Crippen molar-refractivity contribution in [2.75, 3.05) is 5.73 Å². The number of nitriles is 1. The van der Waals surface area contributed by atoms with Gasteiger partial charge in [-0.15, -0.1) is 0 Å². The van der Waals surface area contributed by atoms with E-state index in [-0.39, 0.29) is 5.95 Å². The summed E-state index contributed by atoms with van der Waals surface area (Å²) in [5.41, 5.74) is 7.57. The summed E-state index contributed by atoms with van der Waals surface area (Å²) in [7, 11) is 0. The number of nitrogen functional groups attached to an aromatic ring is 1. The van der Waals surface area contributed by atoms with Gasteiger partial charge in [0.15, 0.2) is 0 Å². The zero-order valence-electron chi connectivity index (χ0n) is 7.83. The number of hydrogen-bond donors (Lipinski definition) is 1. The number of nitrogens with two attached hydrogens (primary N) is 1. The molecule has 4 nitrogen and oxygen atoms in total. The van der Waals surface area contributed by atoms with Crippen LogP contribution in [0.5, 0.6) is 0 Å². The van der Waals surface area contributed by atoms with Crippen molar-refractivity contribution in [1.29, 1.82) is 5.26 Å². The van der Waals surface area contributed by atoms with Gasteiger partial charge in [0.2, 0.25) is 5.95 Å². The Morgan fingerprint density at radius 1 is 1.23 bits per heavy atom. The van der Waals surface area contributed by atoms with Gasteiger partial charge in [-0.25, -0.2) is 9.97 Å². The summed E-state index contributed by atoms with van der Waals surface area (Å²) in [6, 6.07) is 2.11. The number of anilines is 1. The van der Waals surface area contributed by atoms with Crippen LogP contribution in [0.3, 0.4) is 0 Å². The standard InChI is InChI=1S/C9H12N4/c1-3-7-6(5-10)8(4-2)13-9(11)12-7/h3-4H2,1-2H3,(H2,11,12,13). The number of nitrogens with zero attached hydrogens (tertiary/aromatic N) is 3. The Kier molecular flexibility index (Phi) is 2.80. The summed E-state index contributed by atoms with van der Waals surface area (Å²) in [6.07, 6.45) is 1.42. The topological polar surface area (TPSA) is 75.6 Å². The molecular formula is C9H12N4. The summed E-state index contributed by atoms with van der Waals surface area (Å²) >= 11 is 0. The molecule has 4 heteroatoms. The molecule has 0 aromatic carbocycles. The highest BCUT2D eigenvalue weighted by Gasteiger charge is 2.09. The molecule has 0 radical (unpaired) electrons. The fourth-order valence-corrected chi connectivity index (χ4v) is 1.22. The zero-order valence-corrected chi connectivity index (χ0v) is 7.83. The second kappa shape index (κ2) is 3.85. The van der Waals surface area contributed by atoms with Gasteiger partial charge in [-0.2, -0.15) is 5.26 Å². The molecule has 0 aliphatic carbocycles. The lowest BCUT2D eigenvalue weighted by molar-refractivity contribution is 0.933. The highest BCUT2D eigenvalue weighted by molar-refractivity contribution is 5.40. The van der Waals surface area contributed by atoms with E-state index in [9.17, 15) is 0 Å². The molecule has 1 aromatic rings. The van der Waals surface area contributed by atoms with E-state index in [1.165, 1.54) is 0 Å². The second-order valence-corrected chi connectivity index (χ2v) is 2.67. The first-order chi connectivity index (χ1) is 6.22. The maximum absolute atomic E-state index is 8.88. The average molecular weight is 176 g/mol. The molecule has 2 N–H and O–H groups in total. The van der Waals surface area contributed by atoms with E-state index in [0.717, 1.165) is 11.4 Å². The number of hydrogen-bond acceptors (Lipinski definition) is 4.